The first-order chi connectivity index (χ1) is 21.8. The van der Waals surface area contributed by atoms with Gasteiger partial charge in [0.05, 0.1) is 39.0 Å². The molecule has 2 amide bonds. The topological polar surface area (TPSA) is 124 Å². The van der Waals surface area contributed by atoms with Crippen LogP contribution in [-0.4, -0.2) is 72.7 Å². The largest absolute Gasteiger partial charge is 0.497 e. The van der Waals surface area contributed by atoms with Crippen LogP contribution >= 0.6 is 23.2 Å². The number of ether oxygens (including phenoxy) is 4. The number of hydrogen-bond acceptors (Lipinski definition) is 8. The number of halogens is 2. The lowest BCUT2D eigenvalue weighted by atomic mass is 10.1. The molecule has 1 atom stereocenters. The molecule has 0 radical (unpaired) electrons. The van der Waals surface area contributed by atoms with Crippen LogP contribution < -0.4 is 28.6 Å². The monoisotopic (exact) mass is 695 g/mol. The van der Waals surface area contributed by atoms with Crippen LogP contribution in [-0.2, 0) is 26.2 Å². The number of carbonyl (C=O) groups excluding carboxylic acids is 2. The molecule has 0 aromatic heterocycles. The highest BCUT2D eigenvalue weighted by Crippen LogP contribution is 2.38. The number of benzene rings is 3. The second-order valence-electron chi connectivity index (χ2n) is 10.6. The molecule has 1 N–H and O–H groups in total. The first kappa shape index (κ1) is 36.6. The molecule has 250 valence electrons. The van der Waals surface area contributed by atoms with E-state index in [4.69, 9.17) is 42.1 Å². The molecule has 3 rings (SSSR count). The van der Waals surface area contributed by atoms with Gasteiger partial charge in [-0.25, -0.2) is 8.42 Å². The van der Waals surface area contributed by atoms with Gasteiger partial charge in [-0.15, -0.1) is 0 Å². The molecule has 46 heavy (non-hydrogen) atoms. The summed E-state index contributed by atoms with van der Waals surface area (Å²) in [5, 5.41) is 3.40. The number of sulfonamides is 1. The maximum absolute atomic E-state index is 14.4. The number of carbonyl (C=O) groups is 2. The third kappa shape index (κ3) is 8.48. The molecular formula is C32H39Cl2N3O8S. The lowest BCUT2D eigenvalue weighted by Crippen LogP contribution is -2.51. The van der Waals surface area contributed by atoms with Crippen molar-refractivity contribution in [3.8, 4) is 23.0 Å². The molecule has 0 heterocycles. The van der Waals surface area contributed by atoms with Gasteiger partial charge in [-0.2, -0.15) is 0 Å². The molecule has 3 aromatic rings. The zero-order valence-corrected chi connectivity index (χ0v) is 29.1. The zero-order valence-electron chi connectivity index (χ0n) is 26.8. The van der Waals surface area contributed by atoms with E-state index in [-0.39, 0.29) is 44.6 Å². The average molecular weight is 697 g/mol. The normalized spacial score (nSPS) is 11.9. The van der Waals surface area contributed by atoms with Gasteiger partial charge in [-0.1, -0.05) is 43.1 Å². The summed E-state index contributed by atoms with van der Waals surface area (Å²) in [6.45, 7) is 4.90. The Morgan fingerprint density at radius 2 is 1.43 bits per heavy atom. The Morgan fingerprint density at radius 3 is 2.00 bits per heavy atom. The SMILES string of the molecule is COc1ccc(OC)c(N(CC(=O)N(Cc2c(Cl)cccc2Cl)[C@@H](C)C(=O)NCC(C)C)S(=O)(=O)c2ccc(OC)c(OC)c2)c1. The fourth-order valence-corrected chi connectivity index (χ4v) is 6.45. The second kappa shape index (κ2) is 16.1. The van der Waals surface area contributed by atoms with Gasteiger partial charge in [0, 0.05) is 40.8 Å². The Balaban J connectivity index is 2.19. The number of amides is 2. The van der Waals surface area contributed by atoms with Gasteiger partial charge in [0.25, 0.3) is 10.0 Å². The molecule has 0 bridgehead atoms. The molecule has 11 nitrogen and oxygen atoms in total. The van der Waals surface area contributed by atoms with Gasteiger partial charge >= 0.3 is 0 Å². The number of hydrogen-bond donors (Lipinski definition) is 1. The second-order valence-corrected chi connectivity index (χ2v) is 13.3. The van der Waals surface area contributed by atoms with Crippen molar-refractivity contribution in [2.24, 2.45) is 5.92 Å². The minimum atomic E-state index is -4.49. The summed E-state index contributed by atoms with van der Waals surface area (Å²) >= 11 is 12.9. The highest BCUT2D eigenvalue weighted by atomic mass is 35.5. The van der Waals surface area contributed by atoms with E-state index in [1.165, 1.54) is 63.7 Å². The molecule has 3 aromatic carbocycles. The van der Waals surface area contributed by atoms with Gasteiger partial charge in [-0.3, -0.25) is 13.9 Å². The van der Waals surface area contributed by atoms with E-state index in [2.05, 4.69) is 5.32 Å². The van der Waals surface area contributed by atoms with Crippen LogP contribution in [0.4, 0.5) is 5.69 Å². The van der Waals surface area contributed by atoms with Crippen LogP contribution in [0.15, 0.2) is 59.5 Å². The Bertz CT molecular complexity index is 1630. The van der Waals surface area contributed by atoms with E-state index in [0.29, 0.717) is 23.6 Å². The fraction of sp³-hybridized carbons (Fsp3) is 0.375. The van der Waals surface area contributed by atoms with Gasteiger partial charge in [-0.05, 0) is 49.2 Å². The molecule has 0 saturated carbocycles. The van der Waals surface area contributed by atoms with Crippen molar-refractivity contribution < 1.29 is 37.0 Å². The Hall–Kier alpha value is -3.87. The molecular weight excluding hydrogens is 657 g/mol. The zero-order chi connectivity index (χ0) is 34.2. The van der Waals surface area contributed by atoms with Crippen LogP contribution in [0, 0.1) is 5.92 Å². The Labute approximate surface area is 280 Å². The number of anilines is 1. The minimum absolute atomic E-state index is 0.0256. The highest BCUT2D eigenvalue weighted by Gasteiger charge is 2.35. The highest BCUT2D eigenvalue weighted by molar-refractivity contribution is 7.92. The van der Waals surface area contributed by atoms with E-state index >= 15 is 0 Å². The lowest BCUT2D eigenvalue weighted by molar-refractivity contribution is -0.139. The maximum atomic E-state index is 14.4. The van der Waals surface area contributed by atoms with Crippen molar-refractivity contribution in [2.75, 3.05) is 45.8 Å². The molecule has 0 aliphatic carbocycles. The standard InChI is InChI=1S/C32H39Cl2N3O8S/c1-20(2)17-35-32(39)21(3)36(18-24-25(33)9-8-10-26(24)34)31(38)19-37(27-15-22(42-4)11-13-28(27)43-5)46(40,41)23-12-14-29(44-6)30(16-23)45-7/h8-16,20-21H,17-19H2,1-7H3,(H,35,39)/t21-/m0/s1. The Morgan fingerprint density at radius 1 is 0.826 bits per heavy atom. The van der Waals surface area contributed by atoms with Crippen LogP contribution in [0.2, 0.25) is 10.0 Å². The van der Waals surface area contributed by atoms with Crippen molar-refractivity contribution in [3.63, 3.8) is 0 Å². The summed E-state index contributed by atoms with van der Waals surface area (Å²) in [6.07, 6.45) is 0. The summed E-state index contributed by atoms with van der Waals surface area (Å²) in [6, 6.07) is 12.5. The predicted octanol–water partition coefficient (Wildman–Crippen LogP) is 5.41. The summed E-state index contributed by atoms with van der Waals surface area (Å²) < 4.78 is 51.2. The van der Waals surface area contributed by atoms with E-state index in [1.54, 1.807) is 31.2 Å². The number of nitrogens with one attached hydrogen (secondary N) is 1. The van der Waals surface area contributed by atoms with Crippen molar-refractivity contribution in [3.05, 3.63) is 70.2 Å². The summed E-state index contributed by atoms with van der Waals surface area (Å²) in [7, 11) is 1.12. The third-order valence-corrected chi connectivity index (χ3v) is 9.58. The van der Waals surface area contributed by atoms with Gasteiger partial charge in [0.15, 0.2) is 11.5 Å². The van der Waals surface area contributed by atoms with E-state index in [1.807, 2.05) is 13.8 Å². The molecule has 14 heteroatoms. The number of rotatable bonds is 15. The van der Waals surface area contributed by atoms with E-state index in [9.17, 15) is 18.0 Å². The van der Waals surface area contributed by atoms with Crippen LogP contribution in [0.25, 0.3) is 0 Å². The Kier molecular flexibility index (Phi) is 12.8. The first-order valence-corrected chi connectivity index (χ1v) is 16.4. The van der Waals surface area contributed by atoms with Gasteiger partial charge in [0.2, 0.25) is 11.8 Å². The molecule has 0 unspecified atom stereocenters. The van der Waals surface area contributed by atoms with Crippen molar-refractivity contribution >= 4 is 50.7 Å². The molecule has 0 aliphatic rings. The maximum Gasteiger partial charge on any atom is 0.265 e. The predicted molar refractivity (Wildman–Crippen MR) is 178 cm³/mol. The number of methoxy groups -OCH3 is 4. The minimum Gasteiger partial charge on any atom is -0.497 e. The van der Waals surface area contributed by atoms with Crippen LogP contribution in [0.5, 0.6) is 23.0 Å². The van der Waals surface area contributed by atoms with E-state index in [0.717, 1.165) is 4.31 Å². The number of nitrogens with zero attached hydrogens (tertiary/aromatic N) is 2. The van der Waals surface area contributed by atoms with Crippen molar-refractivity contribution in [1.82, 2.24) is 10.2 Å². The molecule has 0 fully saturated rings. The smallest absolute Gasteiger partial charge is 0.265 e. The van der Waals surface area contributed by atoms with E-state index < -0.39 is 34.4 Å². The van der Waals surface area contributed by atoms with Crippen LogP contribution in [0.1, 0.15) is 26.3 Å². The third-order valence-electron chi connectivity index (χ3n) is 7.12. The first-order valence-electron chi connectivity index (χ1n) is 14.3. The fourth-order valence-electron chi connectivity index (χ4n) is 4.50. The summed E-state index contributed by atoms with van der Waals surface area (Å²) in [5.74, 6) is -0.0421. The molecule has 0 saturated heterocycles. The average Bonchev–Trinajstić information content (AvgIpc) is 3.04. The quantitative estimate of drug-likeness (QED) is 0.224. The van der Waals surface area contributed by atoms with Crippen molar-refractivity contribution in [1.29, 1.82) is 0 Å². The van der Waals surface area contributed by atoms with Gasteiger partial charge in [0.1, 0.15) is 24.1 Å². The van der Waals surface area contributed by atoms with Crippen molar-refractivity contribution in [2.45, 2.75) is 38.3 Å². The molecule has 0 aliphatic heterocycles. The molecule has 0 spiro atoms. The summed E-state index contributed by atoms with van der Waals surface area (Å²) in [4.78, 5) is 28.7. The summed E-state index contributed by atoms with van der Waals surface area (Å²) in [5.41, 5.74) is 0.425. The lowest BCUT2D eigenvalue weighted by Gasteiger charge is -2.33. The van der Waals surface area contributed by atoms with Crippen LogP contribution in [0.3, 0.4) is 0 Å². The van der Waals surface area contributed by atoms with Gasteiger partial charge < -0.3 is 29.2 Å².